The van der Waals surface area contributed by atoms with Gasteiger partial charge >= 0.3 is 6.01 Å². The van der Waals surface area contributed by atoms with E-state index in [1.54, 1.807) is 0 Å². The molecule has 2 N–H and O–H groups in total. The van der Waals surface area contributed by atoms with Crippen molar-refractivity contribution in [3.63, 3.8) is 0 Å². The van der Waals surface area contributed by atoms with Gasteiger partial charge in [-0.2, -0.15) is 0 Å². The molecule has 6 heteroatoms. The van der Waals surface area contributed by atoms with Gasteiger partial charge in [0.25, 0.3) is 0 Å². The van der Waals surface area contributed by atoms with Crippen LogP contribution in [0.1, 0.15) is 33.6 Å². The topological polar surface area (TPSA) is 72.2 Å². The molecular formula is C12H24N4O2. The van der Waals surface area contributed by atoms with E-state index in [-0.39, 0.29) is 6.10 Å². The lowest BCUT2D eigenvalue weighted by atomic mass is 10.2. The van der Waals surface area contributed by atoms with Gasteiger partial charge in [0.1, 0.15) is 0 Å². The van der Waals surface area contributed by atoms with E-state index < -0.39 is 0 Å². The minimum atomic E-state index is 0.241. The highest BCUT2D eigenvalue weighted by Crippen LogP contribution is 2.04. The van der Waals surface area contributed by atoms with Crippen molar-refractivity contribution in [3.05, 3.63) is 5.89 Å². The van der Waals surface area contributed by atoms with Gasteiger partial charge in [-0.3, -0.25) is 0 Å². The molecule has 0 bridgehead atoms. The summed E-state index contributed by atoms with van der Waals surface area (Å²) in [6.45, 7) is 11.2. The van der Waals surface area contributed by atoms with Gasteiger partial charge in [-0.1, -0.05) is 18.9 Å². The molecule has 0 aliphatic rings. The summed E-state index contributed by atoms with van der Waals surface area (Å²) in [5, 5.41) is 14.1. The average Bonchev–Trinajstić information content (AvgIpc) is 2.72. The number of anilines is 1. The smallest absolute Gasteiger partial charge is 0.315 e. The molecule has 0 amide bonds. The molecule has 6 nitrogen and oxygen atoms in total. The van der Waals surface area contributed by atoms with Crippen LogP contribution in [0.5, 0.6) is 0 Å². The average molecular weight is 256 g/mol. The summed E-state index contributed by atoms with van der Waals surface area (Å²) in [6.07, 6.45) is 0.241. The Morgan fingerprint density at radius 1 is 1.22 bits per heavy atom. The van der Waals surface area contributed by atoms with E-state index in [0.717, 1.165) is 6.54 Å². The molecule has 1 aromatic heterocycles. The van der Waals surface area contributed by atoms with Crippen LogP contribution in [0.2, 0.25) is 0 Å². The van der Waals surface area contributed by atoms with E-state index in [2.05, 4.69) is 34.7 Å². The lowest BCUT2D eigenvalue weighted by Crippen LogP contribution is -2.19. The van der Waals surface area contributed by atoms with Gasteiger partial charge in [0.05, 0.1) is 19.3 Å². The summed E-state index contributed by atoms with van der Waals surface area (Å²) in [5.74, 6) is 1.21. The van der Waals surface area contributed by atoms with Crippen LogP contribution in [-0.4, -0.2) is 36.0 Å². The van der Waals surface area contributed by atoms with Crippen LogP contribution in [0.15, 0.2) is 4.42 Å². The molecular weight excluding hydrogens is 232 g/mol. The first-order valence-electron chi connectivity index (χ1n) is 6.46. The standard InChI is InChI=1S/C12H24N4O2/c1-9(2)7-13-8-11-15-16-12(18-11)14-5-6-17-10(3)4/h9-10,13H,5-8H2,1-4H3,(H,14,16). The zero-order chi connectivity index (χ0) is 13.4. The van der Waals surface area contributed by atoms with Gasteiger partial charge in [0.15, 0.2) is 0 Å². The lowest BCUT2D eigenvalue weighted by Gasteiger charge is -2.06. The second kappa shape index (κ2) is 8.05. The summed E-state index contributed by atoms with van der Waals surface area (Å²) in [5.41, 5.74) is 0. The molecule has 0 unspecified atom stereocenters. The Bertz CT molecular complexity index is 326. The van der Waals surface area contributed by atoms with E-state index in [0.29, 0.717) is 37.5 Å². The molecule has 1 heterocycles. The SMILES string of the molecule is CC(C)CNCc1nnc(NCCOC(C)C)o1. The highest BCUT2D eigenvalue weighted by molar-refractivity contribution is 5.16. The van der Waals surface area contributed by atoms with Gasteiger partial charge in [-0.25, -0.2) is 0 Å². The number of hydrogen-bond acceptors (Lipinski definition) is 6. The molecule has 18 heavy (non-hydrogen) atoms. The Hall–Kier alpha value is -1.14. The minimum absolute atomic E-state index is 0.241. The van der Waals surface area contributed by atoms with Crippen LogP contribution < -0.4 is 10.6 Å². The Morgan fingerprint density at radius 3 is 2.67 bits per heavy atom. The summed E-state index contributed by atoms with van der Waals surface area (Å²) >= 11 is 0. The van der Waals surface area contributed by atoms with Crippen molar-refractivity contribution in [2.75, 3.05) is 25.0 Å². The predicted molar refractivity (Wildman–Crippen MR) is 70.4 cm³/mol. The largest absolute Gasteiger partial charge is 0.407 e. The van der Waals surface area contributed by atoms with Crippen molar-refractivity contribution >= 4 is 6.01 Å². The maximum Gasteiger partial charge on any atom is 0.315 e. The van der Waals surface area contributed by atoms with Crippen LogP contribution in [0, 0.1) is 5.92 Å². The minimum Gasteiger partial charge on any atom is -0.407 e. The van der Waals surface area contributed by atoms with E-state index >= 15 is 0 Å². The van der Waals surface area contributed by atoms with Gasteiger partial charge in [-0.05, 0) is 26.3 Å². The summed E-state index contributed by atoms with van der Waals surface area (Å²) in [4.78, 5) is 0. The van der Waals surface area contributed by atoms with Crippen molar-refractivity contribution in [2.24, 2.45) is 5.92 Å². The fourth-order valence-electron chi connectivity index (χ4n) is 1.32. The number of rotatable bonds is 9. The van der Waals surface area contributed by atoms with Crippen LogP contribution in [-0.2, 0) is 11.3 Å². The second-order valence-electron chi connectivity index (χ2n) is 4.87. The molecule has 0 aliphatic carbocycles. The van der Waals surface area contributed by atoms with E-state index in [9.17, 15) is 0 Å². The zero-order valence-electron chi connectivity index (χ0n) is 11.7. The molecule has 0 saturated carbocycles. The number of hydrogen-bond donors (Lipinski definition) is 2. The van der Waals surface area contributed by atoms with Crippen molar-refractivity contribution in [1.29, 1.82) is 0 Å². The molecule has 0 saturated heterocycles. The Balaban J connectivity index is 2.17. The Morgan fingerprint density at radius 2 is 2.00 bits per heavy atom. The fourth-order valence-corrected chi connectivity index (χ4v) is 1.32. The number of nitrogens with zero attached hydrogens (tertiary/aromatic N) is 2. The molecule has 0 spiro atoms. The quantitative estimate of drug-likeness (QED) is 0.655. The number of aromatic nitrogens is 2. The number of nitrogens with one attached hydrogen (secondary N) is 2. The maximum atomic E-state index is 5.42. The Kier molecular flexibility index (Phi) is 6.67. The molecule has 1 rings (SSSR count). The Labute approximate surface area is 108 Å². The van der Waals surface area contributed by atoms with Crippen LogP contribution in [0.4, 0.5) is 6.01 Å². The first kappa shape index (κ1) is 14.9. The molecule has 0 atom stereocenters. The van der Waals surface area contributed by atoms with Gasteiger partial charge < -0.3 is 19.8 Å². The lowest BCUT2D eigenvalue weighted by molar-refractivity contribution is 0.0868. The summed E-state index contributed by atoms with van der Waals surface area (Å²) in [7, 11) is 0. The van der Waals surface area contributed by atoms with Crippen molar-refractivity contribution in [1.82, 2.24) is 15.5 Å². The van der Waals surface area contributed by atoms with Gasteiger partial charge in [-0.15, -0.1) is 5.10 Å². The summed E-state index contributed by atoms with van der Waals surface area (Å²) in [6, 6.07) is 0.448. The third kappa shape index (κ3) is 6.56. The normalized spacial score (nSPS) is 11.4. The first-order chi connectivity index (χ1) is 8.58. The third-order valence-corrected chi connectivity index (χ3v) is 2.13. The highest BCUT2D eigenvalue weighted by atomic mass is 16.5. The van der Waals surface area contributed by atoms with Crippen molar-refractivity contribution in [2.45, 2.75) is 40.3 Å². The number of ether oxygens (including phenoxy) is 1. The molecule has 0 aliphatic heterocycles. The first-order valence-corrected chi connectivity index (χ1v) is 6.46. The predicted octanol–water partition coefficient (Wildman–Crippen LogP) is 1.65. The van der Waals surface area contributed by atoms with Crippen molar-refractivity contribution in [3.8, 4) is 0 Å². The van der Waals surface area contributed by atoms with Gasteiger partial charge in [0, 0.05) is 6.54 Å². The molecule has 104 valence electrons. The monoisotopic (exact) mass is 256 g/mol. The van der Waals surface area contributed by atoms with Crippen LogP contribution in [0.25, 0.3) is 0 Å². The van der Waals surface area contributed by atoms with Gasteiger partial charge in [0.2, 0.25) is 5.89 Å². The zero-order valence-corrected chi connectivity index (χ0v) is 11.7. The van der Waals surface area contributed by atoms with Crippen molar-refractivity contribution < 1.29 is 9.15 Å². The third-order valence-electron chi connectivity index (χ3n) is 2.13. The molecule has 1 aromatic rings. The van der Waals surface area contributed by atoms with Crippen LogP contribution in [0.3, 0.4) is 0 Å². The fraction of sp³-hybridized carbons (Fsp3) is 0.833. The summed E-state index contributed by atoms with van der Waals surface area (Å²) < 4.78 is 10.8. The van der Waals surface area contributed by atoms with E-state index in [4.69, 9.17) is 9.15 Å². The maximum absolute atomic E-state index is 5.42. The second-order valence-corrected chi connectivity index (χ2v) is 4.87. The van der Waals surface area contributed by atoms with E-state index in [1.165, 1.54) is 0 Å². The van der Waals surface area contributed by atoms with Crippen LogP contribution >= 0.6 is 0 Å². The molecule has 0 fully saturated rings. The molecule has 0 aromatic carbocycles. The highest BCUT2D eigenvalue weighted by Gasteiger charge is 2.05. The molecule has 0 radical (unpaired) electrons. The van der Waals surface area contributed by atoms with E-state index in [1.807, 2.05) is 13.8 Å².